The number of carbonyl (C=O) groups excluding carboxylic acids is 1. The largest absolute Gasteiger partial charge is 0.381 e. The fourth-order valence-corrected chi connectivity index (χ4v) is 2.83. The van der Waals surface area contributed by atoms with Crippen LogP contribution in [0.25, 0.3) is 16.9 Å². The van der Waals surface area contributed by atoms with Crippen LogP contribution in [-0.2, 0) is 0 Å². The Labute approximate surface area is 132 Å². The Morgan fingerprint density at radius 1 is 1.22 bits per heavy atom. The van der Waals surface area contributed by atoms with Gasteiger partial charge in [-0.2, -0.15) is 0 Å². The van der Waals surface area contributed by atoms with Crippen LogP contribution >= 0.6 is 0 Å². The number of likely N-dealkylation sites (tertiary alicyclic amines) is 1. The fraction of sp³-hybridized carbons (Fsp3) is 0.267. The number of aromatic nitrogens is 5. The lowest BCUT2D eigenvalue weighted by Gasteiger charge is -2.14. The maximum absolute atomic E-state index is 12.6. The van der Waals surface area contributed by atoms with Crippen molar-refractivity contribution in [1.82, 2.24) is 29.5 Å². The summed E-state index contributed by atoms with van der Waals surface area (Å²) in [6.45, 7) is 1.52. The summed E-state index contributed by atoms with van der Waals surface area (Å²) in [6, 6.07) is 1.78. The van der Waals surface area contributed by atoms with Gasteiger partial charge < -0.3 is 10.6 Å². The van der Waals surface area contributed by atoms with E-state index in [-0.39, 0.29) is 11.7 Å². The van der Waals surface area contributed by atoms with Gasteiger partial charge in [0.25, 0.3) is 5.91 Å². The minimum Gasteiger partial charge on any atom is -0.381 e. The van der Waals surface area contributed by atoms with E-state index in [1.54, 1.807) is 29.6 Å². The Morgan fingerprint density at radius 3 is 2.78 bits per heavy atom. The molecule has 4 heterocycles. The quantitative estimate of drug-likeness (QED) is 0.757. The molecule has 1 aliphatic rings. The summed E-state index contributed by atoms with van der Waals surface area (Å²) in [5.74, 6) is 0.103. The number of hydrogen-bond donors (Lipinski definition) is 1. The van der Waals surface area contributed by atoms with Crippen LogP contribution in [-0.4, -0.2) is 48.5 Å². The molecular weight excluding hydrogens is 294 g/mol. The van der Waals surface area contributed by atoms with Gasteiger partial charge in [0, 0.05) is 37.2 Å². The van der Waals surface area contributed by atoms with Gasteiger partial charge in [-0.15, -0.1) is 5.10 Å². The summed E-state index contributed by atoms with van der Waals surface area (Å²) < 4.78 is 1.54. The van der Waals surface area contributed by atoms with E-state index in [4.69, 9.17) is 5.73 Å². The van der Waals surface area contributed by atoms with Gasteiger partial charge in [-0.05, 0) is 18.9 Å². The SMILES string of the molecule is Nc1nn2cc(-c3ccncn3)cnc2c1C(=O)N1CCCC1. The second kappa shape index (κ2) is 5.31. The first-order valence-corrected chi connectivity index (χ1v) is 7.43. The van der Waals surface area contributed by atoms with Gasteiger partial charge in [-0.25, -0.2) is 19.5 Å². The van der Waals surface area contributed by atoms with Gasteiger partial charge in [-0.1, -0.05) is 0 Å². The van der Waals surface area contributed by atoms with Crippen molar-refractivity contribution in [2.45, 2.75) is 12.8 Å². The molecule has 2 N–H and O–H groups in total. The van der Waals surface area contributed by atoms with Crippen LogP contribution in [0.3, 0.4) is 0 Å². The van der Waals surface area contributed by atoms with Crippen LogP contribution in [0.5, 0.6) is 0 Å². The molecule has 0 saturated carbocycles. The second-order valence-corrected chi connectivity index (χ2v) is 5.46. The maximum atomic E-state index is 12.6. The highest BCUT2D eigenvalue weighted by Gasteiger charge is 2.26. The molecule has 1 saturated heterocycles. The van der Waals surface area contributed by atoms with Crippen LogP contribution in [0.4, 0.5) is 5.82 Å². The van der Waals surface area contributed by atoms with E-state index >= 15 is 0 Å². The molecule has 0 unspecified atom stereocenters. The molecule has 1 fully saturated rings. The summed E-state index contributed by atoms with van der Waals surface area (Å²) in [6.07, 6.45) is 8.61. The number of fused-ring (bicyclic) bond motifs is 1. The van der Waals surface area contributed by atoms with Crippen molar-refractivity contribution in [2.24, 2.45) is 0 Å². The highest BCUT2D eigenvalue weighted by Crippen LogP contribution is 2.23. The van der Waals surface area contributed by atoms with Crippen LogP contribution in [0.1, 0.15) is 23.2 Å². The van der Waals surface area contributed by atoms with Crippen LogP contribution in [0.15, 0.2) is 31.0 Å². The average Bonchev–Trinajstić information content (AvgIpc) is 3.21. The molecule has 0 atom stereocenters. The van der Waals surface area contributed by atoms with E-state index in [9.17, 15) is 4.79 Å². The van der Waals surface area contributed by atoms with Crippen molar-refractivity contribution in [3.05, 3.63) is 36.5 Å². The van der Waals surface area contributed by atoms with Crippen molar-refractivity contribution in [3.8, 4) is 11.3 Å². The molecule has 1 aliphatic heterocycles. The number of nitrogens with zero attached hydrogens (tertiary/aromatic N) is 6. The lowest BCUT2D eigenvalue weighted by atomic mass is 10.2. The number of nitrogen functional groups attached to an aromatic ring is 1. The average molecular weight is 309 g/mol. The molecule has 0 spiro atoms. The molecular formula is C15H15N7O. The highest BCUT2D eigenvalue weighted by atomic mass is 16.2. The molecule has 8 heteroatoms. The van der Waals surface area contributed by atoms with Crippen molar-refractivity contribution >= 4 is 17.4 Å². The smallest absolute Gasteiger partial charge is 0.261 e. The lowest BCUT2D eigenvalue weighted by molar-refractivity contribution is 0.0795. The molecule has 1 amide bonds. The molecule has 4 rings (SSSR count). The molecule has 0 aromatic carbocycles. The predicted molar refractivity (Wildman–Crippen MR) is 83.6 cm³/mol. The topological polar surface area (TPSA) is 102 Å². The predicted octanol–water partition coefficient (Wildman–Crippen LogP) is 1.00. The third-order valence-corrected chi connectivity index (χ3v) is 3.98. The van der Waals surface area contributed by atoms with E-state index in [1.165, 1.54) is 10.8 Å². The van der Waals surface area contributed by atoms with Crippen LogP contribution < -0.4 is 5.73 Å². The number of nitrogens with two attached hydrogens (primary N) is 1. The molecule has 3 aromatic heterocycles. The lowest BCUT2D eigenvalue weighted by Crippen LogP contribution is -2.28. The Balaban J connectivity index is 1.78. The van der Waals surface area contributed by atoms with Gasteiger partial charge in [0.15, 0.2) is 11.5 Å². The van der Waals surface area contributed by atoms with Gasteiger partial charge >= 0.3 is 0 Å². The van der Waals surface area contributed by atoms with Gasteiger partial charge in [0.1, 0.15) is 11.9 Å². The summed E-state index contributed by atoms with van der Waals surface area (Å²) >= 11 is 0. The van der Waals surface area contributed by atoms with Gasteiger partial charge in [-0.3, -0.25) is 4.79 Å². The van der Waals surface area contributed by atoms with Crippen molar-refractivity contribution < 1.29 is 4.79 Å². The third-order valence-electron chi connectivity index (χ3n) is 3.98. The zero-order valence-corrected chi connectivity index (χ0v) is 12.4. The minimum absolute atomic E-state index is 0.0997. The zero-order valence-electron chi connectivity index (χ0n) is 12.4. The number of amides is 1. The Hall–Kier alpha value is -3.03. The van der Waals surface area contributed by atoms with Gasteiger partial charge in [0.05, 0.1) is 5.69 Å². The molecule has 0 bridgehead atoms. The molecule has 116 valence electrons. The molecule has 0 aliphatic carbocycles. The van der Waals surface area contributed by atoms with Crippen LogP contribution in [0.2, 0.25) is 0 Å². The zero-order chi connectivity index (χ0) is 15.8. The molecule has 23 heavy (non-hydrogen) atoms. The van der Waals surface area contributed by atoms with E-state index in [0.717, 1.165) is 37.2 Å². The van der Waals surface area contributed by atoms with Gasteiger partial charge in [0.2, 0.25) is 0 Å². The van der Waals surface area contributed by atoms with E-state index < -0.39 is 0 Å². The van der Waals surface area contributed by atoms with Crippen LogP contribution in [0, 0.1) is 0 Å². The number of carbonyl (C=O) groups is 1. The van der Waals surface area contributed by atoms with Crippen molar-refractivity contribution in [3.63, 3.8) is 0 Å². The second-order valence-electron chi connectivity index (χ2n) is 5.46. The summed E-state index contributed by atoms with van der Waals surface area (Å²) in [5, 5.41) is 4.23. The first kappa shape index (κ1) is 13.6. The maximum Gasteiger partial charge on any atom is 0.261 e. The fourth-order valence-electron chi connectivity index (χ4n) is 2.83. The first-order valence-electron chi connectivity index (χ1n) is 7.43. The Kier molecular flexibility index (Phi) is 3.14. The van der Waals surface area contributed by atoms with E-state index in [0.29, 0.717) is 11.2 Å². The Bertz CT molecular complexity index is 868. The highest BCUT2D eigenvalue weighted by molar-refractivity contribution is 6.04. The van der Waals surface area contributed by atoms with Crippen molar-refractivity contribution in [2.75, 3.05) is 18.8 Å². The number of hydrogen-bond acceptors (Lipinski definition) is 6. The molecule has 3 aromatic rings. The summed E-state index contributed by atoms with van der Waals surface area (Å²) in [4.78, 5) is 26.9. The summed E-state index contributed by atoms with van der Waals surface area (Å²) in [7, 11) is 0. The normalized spacial score (nSPS) is 14.5. The third kappa shape index (κ3) is 2.28. The Morgan fingerprint density at radius 2 is 2.04 bits per heavy atom. The minimum atomic E-state index is -0.0997. The monoisotopic (exact) mass is 309 g/mol. The first-order chi connectivity index (χ1) is 11.2. The molecule has 0 radical (unpaired) electrons. The number of rotatable bonds is 2. The standard InChI is InChI=1S/C15H15N7O/c16-13-12(15(23)21-5-1-2-6-21)14-18-7-10(8-22(14)20-13)11-3-4-17-9-19-11/h3-4,7-9H,1-2,5-6H2,(H2,16,20). The summed E-state index contributed by atoms with van der Waals surface area (Å²) in [5.41, 5.74) is 8.32. The van der Waals surface area contributed by atoms with E-state index in [1.807, 2.05) is 0 Å². The van der Waals surface area contributed by atoms with Crippen molar-refractivity contribution in [1.29, 1.82) is 0 Å². The van der Waals surface area contributed by atoms with E-state index in [2.05, 4.69) is 20.1 Å². The molecule has 8 nitrogen and oxygen atoms in total. The number of anilines is 1.